The van der Waals surface area contributed by atoms with Crippen molar-refractivity contribution in [1.29, 1.82) is 0 Å². The molecule has 0 amide bonds. The molecule has 117 valence electrons. The van der Waals surface area contributed by atoms with Gasteiger partial charge in [0.2, 0.25) is 0 Å². The van der Waals surface area contributed by atoms with Crippen LogP contribution in [0.1, 0.15) is 96.8 Å². The highest BCUT2D eigenvalue weighted by Crippen LogP contribution is 2.08. The molecule has 0 aliphatic heterocycles. The molecule has 0 fully saturated rings. The number of unbranched alkanes of at least 4 members (excludes halogenated alkanes) is 11. The second kappa shape index (κ2) is 18.5. The standard InChI is InChI=1S/C20H37/c1-3-5-7-9-11-13-15-17-19-20-18-16-14-12-10-8-6-4-2/h16-19H,1,3-15,20H2,2H3. The Morgan fingerprint density at radius 1 is 0.600 bits per heavy atom. The van der Waals surface area contributed by atoms with Crippen LogP contribution in [-0.2, 0) is 0 Å². The van der Waals surface area contributed by atoms with Crippen LogP contribution in [0.4, 0.5) is 0 Å². The molecule has 0 heterocycles. The quantitative estimate of drug-likeness (QED) is 0.216. The van der Waals surface area contributed by atoms with Crippen LogP contribution in [0.15, 0.2) is 24.3 Å². The summed E-state index contributed by atoms with van der Waals surface area (Å²) in [7, 11) is 0. The maximum absolute atomic E-state index is 3.88. The van der Waals surface area contributed by atoms with Gasteiger partial charge in [-0.2, -0.15) is 0 Å². The van der Waals surface area contributed by atoms with Gasteiger partial charge in [-0.25, -0.2) is 0 Å². The van der Waals surface area contributed by atoms with Crippen molar-refractivity contribution in [2.75, 3.05) is 0 Å². The van der Waals surface area contributed by atoms with Crippen LogP contribution in [0.3, 0.4) is 0 Å². The smallest absolute Gasteiger partial charge is 0.0169 e. The van der Waals surface area contributed by atoms with Gasteiger partial charge in [-0.1, -0.05) is 95.9 Å². The molecule has 0 atom stereocenters. The fourth-order valence-electron chi connectivity index (χ4n) is 2.34. The summed E-state index contributed by atoms with van der Waals surface area (Å²) in [6.45, 7) is 6.15. The molecule has 0 aromatic rings. The molecule has 0 aliphatic carbocycles. The predicted molar refractivity (Wildman–Crippen MR) is 93.9 cm³/mol. The summed E-state index contributed by atoms with van der Waals surface area (Å²) in [5, 5.41) is 0. The molecule has 0 N–H and O–H groups in total. The highest BCUT2D eigenvalue weighted by molar-refractivity contribution is 4.92. The molecule has 0 saturated heterocycles. The van der Waals surface area contributed by atoms with E-state index in [2.05, 4.69) is 38.2 Å². The summed E-state index contributed by atoms with van der Waals surface area (Å²) in [4.78, 5) is 0. The van der Waals surface area contributed by atoms with E-state index >= 15 is 0 Å². The molecule has 20 heavy (non-hydrogen) atoms. The average Bonchev–Trinajstić information content (AvgIpc) is 2.47. The van der Waals surface area contributed by atoms with Crippen LogP contribution in [0.25, 0.3) is 0 Å². The van der Waals surface area contributed by atoms with Gasteiger partial charge in [0.15, 0.2) is 0 Å². The zero-order chi connectivity index (χ0) is 14.7. The second-order valence-corrected chi connectivity index (χ2v) is 5.79. The van der Waals surface area contributed by atoms with E-state index in [1.807, 2.05) is 0 Å². The van der Waals surface area contributed by atoms with Gasteiger partial charge >= 0.3 is 0 Å². The Hall–Kier alpha value is -0.520. The largest absolute Gasteiger partial charge is 0.0882 e. The van der Waals surface area contributed by atoms with Crippen LogP contribution < -0.4 is 0 Å². The van der Waals surface area contributed by atoms with Gasteiger partial charge in [-0.05, 0) is 32.1 Å². The fourth-order valence-corrected chi connectivity index (χ4v) is 2.34. The summed E-state index contributed by atoms with van der Waals surface area (Å²) >= 11 is 0. The first-order valence-corrected chi connectivity index (χ1v) is 9.01. The summed E-state index contributed by atoms with van der Waals surface area (Å²) < 4.78 is 0. The van der Waals surface area contributed by atoms with E-state index in [-0.39, 0.29) is 0 Å². The van der Waals surface area contributed by atoms with Crippen molar-refractivity contribution in [3.63, 3.8) is 0 Å². The Morgan fingerprint density at radius 3 is 1.65 bits per heavy atom. The van der Waals surface area contributed by atoms with Crippen molar-refractivity contribution >= 4 is 0 Å². The number of allylic oxidation sites excluding steroid dienone is 4. The number of rotatable bonds is 15. The van der Waals surface area contributed by atoms with E-state index in [4.69, 9.17) is 0 Å². The van der Waals surface area contributed by atoms with Gasteiger partial charge in [-0.3, -0.25) is 0 Å². The van der Waals surface area contributed by atoms with Crippen molar-refractivity contribution in [2.24, 2.45) is 0 Å². The van der Waals surface area contributed by atoms with Crippen LogP contribution >= 0.6 is 0 Å². The third-order valence-corrected chi connectivity index (χ3v) is 3.70. The van der Waals surface area contributed by atoms with E-state index < -0.39 is 0 Å². The zero-order valence-corrected chi connectivity index (χ0v) is 13.9. The highest BCUT2D eigenvalue weighted by atomic mass is 13.9. The van der Waals surface area contributed by atoms with Crippen molar-refractivity contribution in [3.05, 3.63) is 31.2 Å². The zero-order valence-electron chi connectivity index (χ0n) is 13.9. The van der Waals surface area contributed by atoms with Gasteiger partial charge in [0.1, 0.15) is 0 Å². The van der Waals surface area contributed by atoms with Crippen molar-refractivity contribution in [1.82, 2.24) is 0 Å². The van der Waals surface area contributed by atoms with E-state index in [0.717, 1.165) is 12.8 Å². The molecular weight excluding hydrogens is 240 g/mol. The van der Waals surface area contributed by atoms with Crippen LogP contribution in [0.5, 0.6) is 0 Å². The van der Waals surface area contributed by atoms with E-state index in [1.54, 1.807) is 0 Å². The first-order valence-electron chi connectivity index (χ1n) is 9.01. The van der Waals surface area contributed by atoms with Crippen molar-refractivity contribution in [2.45, 2.75) is 96.8 Å². The van der Waals surface area contributed by atoms with Crippen LogP contribution in [-0.4, -0.2) is 0 Å². The molecule has 0 unspecified atom stereocenters. The first kappa shape index (κ1) is 19.5. The molecule has 0 bridgehead atoms. The molecule has 0 rings (SSSR count). The second-order valence-electron chi connectivity index (χ2n) is 5.79. The monoisotopic (exact) mass is 277 g/mol. The Balaban J connectivity index is 3.14. The molecule has 0 nitrogen and oxygen atoms in total. The van der Waals surface area contributed by atoms with Crippen LogP contribution in [0.2, 0.25) is 0 Å². The molecule has 0 heteroatoms. The Kier molecular flexibility index (Phi) is 18.0. The predicted octanol–water partition coefficient (Wildman–Crippen LogP) is 7.41. The minimum atomic E-state index is 1.10. The van der Waals surface area contributed by atoms with Gasteiger partial charge in [-0.15, -0.1) is 0 Å². The normalized spacial score (nSPS) is 11.9. The van der Waals surface area contributed by atoms with Gasteiger partial charge in [0.05, 0.1) is 0 Å². The molecule has 0 aromatic carbocycles. The lowest BCUT2D eigenvalue weighted by atomic mass is 10.1. The van der Waals surface area contributed by atoms with Gasteiger partial charge in [0.25, 0.3) is 0 Å². The minimum absolute atomic E-state index is 1.10. The highest BCUT2D eigenvalue weighted by Gasteiger charge is 1.88. The third-order valence-electron chi connectivity index (χ3n) is 3.70. The summed E-state index contributed by atoms with van der Waals surface area (Å²) in [5.41, 5.74) is 0. The maximum Gasteiger partial charge on any atom is -0.0169 e. The average molecular weight is 278 g/mol. The lowest BCUT2D eigenvalue weighted by molar-refractivity contribution is 0.621. The summed E-state index contributed by atoms with van der Waals surface area (Å²) in [5.74, 6) is 0. The Morgan fingerprint density at radius 2 is 1.10 bits per heavy atom. The van der Waals surface area contributed by atoms with E-state index in [0.29, 0.717) is 0 Å². The molecule has 0 spiro atoms. The fraction of sp³-hybridized carbons (Fsp3) is 0.750. The number of hydrogen-bond acceptors (Lipinski definition) is 0. The van der Waals surface area contributed by atoms with E-state index in [1.165, 1.54) is 77.0 Å². The molecule has 0 aliphatic rings. The summed E-state index contributed by atoms with van der Waals surface area (Å²) in [6, 6.07) is 0. The molecular formula is C20H37. The maximum atomic E-state index is 3.88. The van der Waals surface area contributed by atoms with Crippen molar-refractivity contribution < 1.29 is 0 Å². The number of hydrogen-bond donors (Lipinski definition) is 0. The van der Waals surface area contributed by atoms with Crippen molar-refractivity contribution in [3.8, 4) is 0 Å². The topological polar surface area (TPSA) is 0 Å². The molecule has 1 radical (unpaired) electrons. The molecule has 0 saturated carbocycles. The molecule has 0 aromatic heterocycles. The lowest BCUT2D eigenvalue weighted by Gasteiger charge is -1.97. The Bertz CT molecular complexity index is 212. The Labute approximate surface area is 128 Å². The van der Waals surface area contributed by atoms with Gasteiger partial charge in [0, 0.05) is 0 Å². The third kappa shape index (κ3) is 17.5. The minimum Gasteiger partial charge on any atom is -0.0882 e. The summed E-state index contributed by atoms with van der Waals surface area (Å²) in [6.07, 6.45) is 27.9. The van der Waals surface area contributed by atoms with Gasteiger partial charge < -0.3 is 0 Å². The van der Waals surface area contributed by atoms with E-state index in [9.17, 15) is 0 Å². The first-order chi connectivity index (χ1) is 9.91. The van der Waals surface area contributed by atoms with Crippen LogP contribution in [0, 0.1) is 6.92 Å². The lowest BCUT2D eigenvalue weighted by Crippen LogP contribution is -1.77. The SMILES string of the molecule is [CH2]CCCCCCCC=CCC=CCCCCCCC.